The number of fused-ring (bicyclic) bond motifs is 3. The summed E-state index contributed by atoms with van der Waals surface area (Å²) in [6.45, 7) is 2.43. The van der Waals surface area contributed by atoms with E-state index in [0.717, 1.165) is 11.8 Å². The van der Waals surface area contributed by atoms with Gasteiger partial charge in [0.1, 0.15) is 0 Å². The summed E-state index contributed by atoms with van der Waals surface area (Å²) >= 11 is 0. The van der Waals surface area contributed by atoms with Gasteiger partial charge in [0.2, 0.25) is 0 Å². The second kappa shape index (κ2) is 3.01. The first-order chi connectivity index (χ1) is 8.32. The van der Waals surface area contributed by atoms with E-state index in [-0.39, 0.29) is 5.41 Å². The first kappa shape index (κ1) is 9.47. The number of benzene rings is 2. The molecule has 0 spiro atoms. The highest BCUT2D eigenvalue weighted by atomic mass is 14.6. The van der Waals surface area contributed by atoms with Crippen LogP contribution in [-0.2, 0) is 5.41 Å². The minimum absolute atomic E-state index is 0.252. The topological polar surface area (TPSA) is 0 Å². The fourth-order valence-electron chi connectivity index (χ4n) is 3.82. The van der Waals surface area contributed by atoms with Crippen molar-refractivity contribution in [3.05, 3.63) is 71.3 Å². The van der Waals surface area contributed by atoms with E-state index in [0.29, 0.717) is 0 Å². The van der Waals surface area contributed by atoms with Gasteiger partial charge in [-0.05, 0) is 34.9 Å². The van der Waals surface area contributed by atoms with Crippen LogP contribution in [0.2, 0.25) is 0 Å². The van der Waals surface area contributed by atoms with Crippen LogP contribution in [0.1, 0.15) is 36.0 Å². The average Bonchev–Trinajstić information content (AvgIpc) is 3.15. The van der Waals surface area contributed by atoms with Gasteiger partial charge in [-0.1, -0.05) is 61.5 Å². The molecule has 0 N–H and O–H groups in total. The van der Waals surface area contributed by atoms with Crippen LogP contribution in [0.3, 0.4) is 0 Å². The van der Waals surface area contributed by atoms with Crippen molar-refractivity contribution in [3.8, 4) is 0 Å². The van der Waals surface area contributed by atoms with Crippen molar-refractivity contribution in [2.24, 2.45) is 5.92 Å². The molecule has 0 heteroatoms. The Labute approximate surface area is 102 Å². The summed E-state index contributed by atoms with van der Waals surface area (Å²) in [5.41, 5.74) is 4.90. The SMILES string of the molecule is CC1(c2ccccc2)c2ccccc2C2CC21. The zero-order valence-corrected chi connectivity index (χ0v) is 10.1. The van der Waals surface area contributed by atoms with Crippen LogP contribution in [0.25, 0.3) is 0 Å². The third-order valence-corrected chi connectivity index (χ3v) is 4.83. The van der Waals surface area contributed by atoms with E-state index in [2.05, 4.69) is 61.5 Å². The molecular weight excluding hydrogens is 204 g/mol. The average molecular weight is 220 g/mol. The van der Waals surface area contributed by atoms with E-state index < -0.39 is 0 Å². The largest absolute Gasteiger partial charge is 0.0622 e. The number of hydrogen-bond donors (Lipinski definition) is 0. The Hall–Kier alpha value is -1.56. The molecular formula is C17H16. The summed E-state index contributed by atoms with van der Waals surface area (Å²) in [7, 11) is 0. The fraction of sp³-hybridized carbons (Fsp3) is 0.294. The normalized spacial score (nSPS) is 33.0. The molecule has 0 heterocycles. The van der Waals surface area contributed by atoms with Gasteiger partial charge in [0.15, 0.2) is 0 Å². The van der Waals surface area contributed by atoms with Crippen molar-refractivity contribution < 1.29 is 0 Å². The summed E-state index contributed by atoms with van der Waals surface area (Å²) in [5.74, 6) is 1.67. The van der Waals surface area contributed by atoms with Gasteiger partial charge in [0.25, 0.3) is 0 Å². The molecule has 2 aliphatic rings. The lowest BCUT2D eigenvalue weighted by Crippen LogP contribution is -2.24. The van der Waals surface area contributed by atoms with Crippen LogP contribution in [-0.4, -0.2) is 0 Å². The molecule has 4 rings (SSSR count). The van der Waals surface area contributed by atoms with Gasteiger partial charge < -0.3 is 0 Å². The molecule has 0 aliphatic heterocycles. The van der Waals surface area contributed by atoms with E-state index in [1.54, 1.807) is 11.1 Å². The second-order valence-electron chi connectivity index (χ2n) is 5.60. The van der Waals surface area contributed by atoms with Crippen LogP contribution in [0, 0.1) is 5.92 Å². The van der Waals surface area contributed by atoms with Crippen molar-refractivity contribution in [1.82, 2.24) is 0 Å². The molecule has 3 atom stereocenters. The molecule has 17 heavy (non-hydrogen) atoms. The highest BCUT2D eigenvalue weighted by Crippen LogP contribution is 2.67. The monoisotopic (exact) mass is 220 g/mol. The van der Waals surface area contributed by atoms with Crippen LogP contribution in [0.4, 0.5) is 0 Å². The van der Waals surface area contributed by atoms with Gasteiger partial charge >= 0.3 is 0 Å². The second-order valence-corrected chi connectivity index (χ2v) is 5.60. The molecule has 0 radical (unpaired) electrons. The van der Waals surface area contributed by atoms with Crippen LogP contribution >= 0.6 is 0 Å². The number of rotatable bonds is 1. The molecule has 0 saturated heterocycles. The zero-order valence-electron chi connectivity index (χ0n) is 10.1. The van der Waals surface area contributed by atoms with Gasteiger partial charge in [-0.15, -0.1) is 0 Å². The van der Waals surface area contributed by atoms with Crippen molar-refractivity contribution in [2.75, 3.05) is 0 Å². The first-order valence-corrected chi connectivity index (χ1v) is 6.47. The van der Waals surface area contributed by atoms with Crippen LogP contribution in [0.5, 0.6) is 0 Å². The third-order valence-electron chi connectivity index (χ3n) is 4.83. The standard InChI is InChI=1S/C17H16/c1-17(12-7-3-2-4-8-12)15-10-6-5-9-13(15)14-11-16(14)17/h2-10,14,16H,11H2,1H3. The summed E-state index contributed by atoms with van der Waals surface area (Å²) in [6, 6.07) is 20.0. The van der Waals surface area contributed by atoms with Crippen molar-refractivity contribution in [3.63, 3.8) is 0 Å². The molecule has 0 aromatic heterocycles. The molecule has 3 unspecified atom stereocenters. The molecule has 2 aromatic carbocycles. The third kappa shape index (κ3) is 1.08. The maximum absolute atomic E-state index is 2.43. The zero-order chi connectivity index (χ0) is 11.5. The van der Waals surface area contributed by atoms with E-state index in [4.69, 9.17) is 0 Å². The Morgan fingerprint density at radius 2 is 1.65 bits per heavy atom. The Kier molecular flexibility index (Phi) is 1.68. The lowest BCUT2D eigenvalue weighted by Gasteiger charge is -2.29. The van der Waals surface area contributed by atoms with Gasteiger partial charge in [-0.25, -0.2) is 0 Å². The van der Waals surface area contributed by atoms with Crippen molar-refractivity contribution in [1.29, 1.82) is 0 Å². The molecule has 1 fully saturated rings. The molecule has 0 bridgehead atoms. The predicted molar refractivity (Wildman–Crippen MR) is 70.2 cm³/mol. The molecule has 2 aliphatic carbocycles. The molecule has 2 aromatic rings. The van der Waals surface area contributed by atoms with E-state index in [9.17, 15) is 0 Å². The first-order valence-electron chi connectivity index (χ1n) is 6.47. The lowest BCUT2D eigenvalue weighted by atomic mass is 9.74. The summed E-state index contributed by atoms with van der Waals surface area (Å²) in [4.78, 5) is 0. The highest BCUT2D eigenvalue weighted by molar-refractivity contribution is 5.55. The minimum atomic E-state index is 0.252. The minimum Gasteiger partial charge on any atom is -0.0622 e. The van der Waals surface area contributed by atoms with Crippen molar-refractivity contribution >= 4 is 0 Å². The van der Waals surface area contributed by atoms with Crippen molar-refractivity contribution in [2.45, 2.75) is 24.7 Å². The van der Waals surface area contributed by atoms with Gasteiger partial charge in [0.05, 0.1) is 0 Å². The summed E-state index contributed by atoms with van der Waals surface area (Å²) in [6.07, 6.45) is 1.38. The molecule has 0 nitrogen and oxygen atoms in total. The predicted octanol–water partition coefficient (Wildman–Crippen LogP) is 4.11. The lowest BCUT2D eigenvalue weighted by molar-refractivity contribution is 0.512. The van der Waals surface area contributed by atoms with Gasteiger partial charge in [-0.2, -0.15) is 0 Å². The Balaban J connectivity index is 1.96. The van der Waals surface area contributed by atoms with Gasteiger partial charge in [0, 0.05) is 5.41 Å². The quantitative estimate of drug-likeness (QED) is 0.678. The Morgan fingerprint density at radius 1 is 0.941 bits per heavy atom. The molecule has 84 valence electrons. The Morgan fingerprint density at radius 3 is 2.47 bits per heavy atom. The smallest absolute Gasteiger partial charge is 0.0211 e. The van der Waals surface area contributed by atoms with E-state index in [1.807, 2.05) is 0 Å². The fourth-order valence-corrected chi connectivity index (χ4v) is 3.82. The van der Waals surface area contributed by atoms with E-state index >= 15 is 0 Å². The number of hydrogen-bond acceptors (Lipinski definition) is 0. The maximum atomic E-state index is 2.43. The van der Waals surface area contributed by atoms with E-state index in [1.165, 1.54) is 12.0 Å². The highest BCUT2D eigenvalue weighted by Gasteiger charge is 2.58. The maximum Gasteiger partial charge on any atom is 0.0211 e. The van der Waals surface area contributed by atoms with Crippen LogP contribution < -0.4 is 0 Å². The summed E-state index contributed by atoms with van der Waals surface area (Å²) in [5, 5.41) is 0. The molecule has 1 saturated carbocycles. The van der Waals surface area contributed by atoms with Gasteiger partial charge in [-0.3, -0.25) is 0 Å². The molecule has 0 amide bonds. The van der Waals surface area contributed by atoms with Crippen LogP contribution in [0.15, 0.2) is 54.6 Å². The summed E-state index contributed by atoms with van der Waals surface area (Å²) < 4.78 is 0. The Bertz CT molecular complexity index is 570.